The van der Waals surface area contributed by atoms with Crippen LogP contribution in [0.1, 0.15) is 0 Å². The molecule has 2 heterocycles. The molecule has 10 heavy (non-hydrogen) atoms. The largest absolute Gasteiger partial charge is 0.320 e. The third-order valence-corrected chi connectivity index (χ3v) is 1.40. The van der Waals surface area contributed by atoms with Gasteiger partial charge in [0.15, 0.2) is 12.0 Å². The number of pyridine rings is 1. The van der Waals surface area contributed by atoms with Gasteiger partial charge in [-0.05, 0) is 12.1 Å². The Balaban J connectivity index is 2.86. The number of rotatable bonds is 0. The first-order valence-corrected chi connectivity index (χ1v) is 3.12. The second kappa shape index (κ2) is 1.95. The van der Waals surface area contributed by atoms with Crippen LogP contribution < -0.4 is 0 Å². The summed E-state index contributed by atoms with van der Waals surface area (Å²) in [6, 6.07) is 3.48. The molecule has 0 aromatic carbocycles. The highest BCUT2D eigenvalue weighted by molar-refractivity contribution is 6.29. The highest BCUT2D eigenvalue weighted by atomic mass is 35.5. The average molecular weight is 153 g/mol. The number of H-pyrrole nitrogens is 1. The molecule has 0 atom stereocenters. The number of hydrogen-bond acceptors (Lipinski definition) is 2. The Bertz CT molecular complexity index is 355. The topological polar surface area (TPSA) is 41.6 Å². The summed E-state index contributed by atoms with van der Waals surface area (Å²) in [7, 11) is 0. The van der Waals surface area contributed by atoms with E-state index in [4.69, 9.17) is 11.6 Å². The smallest absolute Gasteiger partial charge is 0.175 e. The quantitative estimate of drug-likeness (QED) is 0.580. The van der Waals surface area contributed by atoms with Crippen molar-refractivity contribution in [2.75, 3.05) is 0 Å². The standard InChI is InChI=1S/C6H3ClN3/c7-5-2-1-4-6(10-5)9-3-8-4/h1-2H,(H,8,9,10). The fourth-order valence-electron chi connectivity index (χ4n) is 0.751. The molecule has 3 nitrogen and oxygen atoms in total. The van der Waals surface area contributed by atoms with Gasteiger partial charge in [0, 0.05) is 0 Å². The summed E-state index contributed by atoms with van der Waals surface area (Å²) >= 11 is 5.60. The van der Waals surface area contributed by atoms with Gasteiger partial charge in [0.25, 0.3) is 0 Å². The zero-order valence-electron chi connectivity index (χ0n) is 4.93. The molecule has 2 aromatic heterocycles. The van der Waals surface area contributed by atoms with Crippen LogP contribution in [0, 0.1) is 6.33 Å². The first-order chi connectivity index (χ1) is 4.86. The molecule has 1 N–H and O–H groups in total. The van der Waals surface area contributed by atoms with Crippen LogP contribution in [-0.4, -0.2) is 15.0 Å². The Hall–Kier alpha value is -1.09. The molecule has 49 valence electrons. The van der Waals surface area contributed by atoms with E-state index in [-0.39, 0.29) is 0 Å². The number of aromatic nitrogens is 3. The lowest BCUT2D eigenvalue weighted by Crippen LogP contribution is -1.75. The van der Waals surface area contributed by atoms with Gasteiger partial charge in [-0.2, -0.15) is 0 Å². The third-order valence-electron chi connectivity index (χ3n) is 1.19. The first kappa shape index (κ1) is 5.68. The van der Waals surface area contributed by atoms with E-state index in [9.17, 15) is 0 Å². The van der Waals surface area contributed by atoms with Crippen molar-refractivity contribution in [2.24, 2.45) is 0 Å². The number of halogens is 1. The van der Waals surface area contributed by atoms with E-state index in [0.717, 1.165) is 5.52 Å². The molecule has 0 aliphatic rings. The van der Waals surface area contributed by atoms with Gasteiger partial charge in [-0.25, -0.2) is 9.97 Å². The van der Waals surface area contributed by atoms with Gasteiger partial charge in [0.05, 0.1) is 0 Å². The lowest BCUT2D eigenvalue weighted by molar-refractivity contribution is 1.29. The molecular weight excluding hydrogens is 150 g/mol. The molecule has 0 amide bonds. The summed E-state index contributed by atoms with van der Waals surface area (Å²) in [6.45, 7) is 0. The number of nitrogens with zero attached hydrogens (tertiary/aromatic N) is 2. The van der Waals surface area contributed by atoms with Gasteiger partial charge < -0.3 is 4.98 Å². The zero-order chi connectivity index (χ0) is 6.97. The lowest BCUT2D eigenvalue weighted by atomic mass is 10.4. The van der Waals surface area contributed by atoms with E-state index in [1.807, 2.05) is 0 Å². The molecule has 0 saturated carbocycles. The van der Waals surface area contributed by atoms with Gasteiger partial charge in [0.1, 0.15) is 10.7 Å². The van der Waals surface area contributed by atoms with E-state index >= 15 is 0 Å². The maximum absolute atomic E-state index is 5.60. The van der Waals surface area contributed by atoms with Crippen molar-refractivity contribution >= 4 is 22.8 Å². The van der Waals surface area contributed by atoms with Crippen molar-refractivity contribution < 1.29 is 0 Å². The molecule has 2 aromatic rings. The molecule has 0 aliphatic heterocycles. The van der Waals surface area contributed by atoms with E-state index in [2.05, 4.69) is 21.3 Å². The predicted molar refractivity (Wildman–Crippen MR) is 37.7 cm³/mol. The molecule has 1 radical (unpaired) electrons. The SMILES string of the molecule is Clc1ccc2n[c][nH]c2n1. The molecule has 0 fully saturated rings. The number of aromatic amines is 1. The molecule has 0 spiro atoms. The summed E-state index contributed by atoms with van der Waals surface area (Å²) in [5, 5.41) is 0.463. The molecule has 0 bridgehead atoms. The van der Waals surface area contributed by atoms with Crippen molar-refractivity contribution in [1.29, 1.82) is 0 Å². The first-order valence-electron chi connectivity index (χ1n) is 2.74. The Morgan fingerprint density at radius 3 is 3.30 bits per heavy atom. The van der Waals surface area contributed by atoms with E-state index < -0.39 is 0 Å². The monoisotopic (exact) mass is 152 g/mol. The fourth-order valence-corrected chi connectivity index (χ4v) is 0.899. The Morgan fingerprint density at radius 2 is 2.40 bits per heavy atom. The summed E-state index contributed by atoms with van der Waals surface area (Å²) in [6.07, 6.45) is 2.57. The van der Waals surface area contributed by atoms with Crippen LogP contribution in [0.2, 0.25) is 5.15 Å². The zero-order valence-corrected chi connectivity index (χ0v) is 5.68. The average Bonchev–Trinajstić information content (AvgIpc) is 2.33. The minimum Gasteiger partial charge on any atom is -0.320 e. The second-order valence-corrected chi connectivity index (χ2v) is 2.24. The van der Waals surface area contributed by atoms with Crippen molar-refractivity contribution in [3.05, 3.63) is 23.6 Å². The third kappa shape index (κ3) is 0.752. The van der Waals surface area contributed by atoms with Gasteiger partial charge >= 0.3 is 0 Å². The molecule has 0 saturated heterocycles. The maximum Gasteiger partial charge on any atom is 0.175 e. The lowest BCUT2D eigenvalue weighted by Gasteiger charge is -1.86. The molecular formula is C6H3ClN3. The van der Waals surface area contributed by atoms with Crippen molar-refractivity contribution in [3.63, 3.8) is 0 Å². The van der Waals surface area contributed by atoms with E-state index in [0.29, 0.717) is 10.8 Å². The van der Waals surface area contributed by atoms with Crippen LogP contribution in [0.3, 0.4) is 0 Å². The van der Waals surface area contributed by atoms with Crippen LogP contribution in [0.4, 0.5) is 0 Å². The summed E-state index contributed by atoms with van der Waals surface area (Å²) in [4.78, 5) is 10.5. The van der Waals surface area contributed by atoms with Gasteiger partial charge in [-0.3, -0.25) is 0 Å². The van der Waals surface area contributed by atoms with E-state index in [1.165, 1.54) is 0 Å². The van der Waals surface area contributed by atoms with Crippen LogP contribution in [0.15, 0.2) is 12.1 Å². The van der Waals surface area contributed by atoms with Crippen LogP contribution >= 0.6 is 11.6 Å². The van der Waals surface area contributed by atoms with Crippen LogP contribution in [0.25, 0.3) is 11.2 Å². The second-order valence-electron chi connectivity index (χ2n) is 1.85. The van der Waals surface area contributed by atoms with Crippen LogP contribution in [-0.2, 0) is 0 Å². The summed E-state index contributed by atoms with van der Waals surface area (Å²) < 4.78 is 0. The Labute approximate surface area is 62.1 Å². The van der Waals surface area contributed by atoms with Crippen molar-refractivity contribution in [3.8, 4) is 0 Å². The number of imidazole rings is 1. The predicted octanol–water partition coefficient (Wildman–Crippen LogP) is 1.41. The summed E-state index contributed by atoms with van der Waals surface area (Å²) in [5.41, 5.74) is 1.46. The minimum atomic E-state index is 0.463. The van der Waals surface area contributed by atoms with E-state index in [1.54, 1.807) is 12.1 Å². The maximum atomic E-state index is 5.60. The van der Waals surface area contributed by atoms with Crippen LogP contribution in [0.5, 0.6) is 0 Å². The highest BCUT2D eigenvalue weighted by Gasteiger charge is 1.95. The fraction of sp³-hybridized carbons (Fsp3) is 0. The minimum absolute atomic E-state index is 0.463. The highest BCUT2D eigenvalue weighted by Crippen LogP contribution is 2.09. The van der Waals surface area contributed by atoms with Crippen molar-refractivity contribution in [2.45, 2.75) is 0 Å². The molecule has 4 heteroatoms. The van der Waals surface area contributed by atoms with Crippen molar-refractivity contribution in [1.82, 2.24) is 15.0 Å². The normalized spacial score (nSPS) is 10.5. The van der Waals surface area contributed by atoms with Gasteiger partial charge in [-0.15, -0.1) is 0 Å². The van der Waals surface area contributed by atoms with Gasteiger partial charge in [-0.1, -0.05) is 11.6 Å². The molecule has 0 aliphatic carbocycles. The molecule has 2 rings (SSSR count). The number of hydrogen-bond donors (Lipinski definition) is 1. The summed E-state index contributed by atoms with van der Waals surface area (Å²) in [5.74, 6) is 0. The van der Waals surface area contributed by atoms with Gasteiger partial charge in [0.2, 0.25) is 0 Å². The Kier molecular flexibility index (Phi) is 1.11. The number of nitrogens with one attached hydrogen (secondary N) is 1. The number of fused-ring (bicyclic) bond motifs is 1. The Morgan fingerprint density at radius 1 is 1.50 bits per heavy atom. The molecule has 0 unspecified atom stereocenters.